The van der Waals surface area contributed by atoms with Crippen LogP contribution in [0.3, 0.4) is 0 Å². The lowest BCUT2D eigenvalue weighted by atomic mass is 10.2. The quantitative estimate of drug-likeness (QED) is 0.653. The highest BCUT2D eigenvalue weighted by atomic mass is 32.2. The molecule has 0 saturated heterocycles. The van der Waals surface area contributed by atoms with Gasteiger partial charge in [-0.25, -0.2) is 9.67 Å². The fourth-order valence-electron chi connectivity index (χ4n) is 2.44. The number of ether oxygens (including phenoxy) is 1. The van der Waals surface area contributed by atoms with Crippen molar-refractivity contribution in [2.75, 3.05) is 6.61 Å². The lowest BCUT2D eigenvalue weighted by Crippen LogP contribution is -2.14. The van der Waals surface area contributed by atoms with E-state index in [4.69, 9.17) is 4.74 Å². The van der Waals surface area contributed by atoms with Gasteiger partial charge in [-0.1, -0.05) is 59.8 Å². The molecule has 0 fully saturated rings. The summed E-state index contributed by atoms with van der Waals surface area (Å²) in [6, 6.07) is 19.5. The standard InChI is InChI=1S/C21H21N3O2S/c1-3-26-20-13-18(14-22-24(20)19-7-5-4-6-8-19)23-21(25)27-15-17-11-9-16(2)10-12-17/h4-14H,3,15H2,1-2H3. The van der Waals surface area contributed by atoms with Crippen LogP contribution in [0.4, 0.5) is 4.79 Å². The number of rotatable bonds is 5. The highest BCUT2D eigenvalue weighted by Gasteiger charge is 2.06. The molecule has 6 heteroatoms. The third-order valence-electron chi connectivity index (χ3n) is 3.78. The Bertz CT molecular complexity index is 967. The molecule has 0 bridgehead atoms. The average Bonchev–Trinajstić information content (AvgIpc) is 2.69. The number of nitrogens with zero attached hydrogens (tertiary/aromatic N) is 3. The first-order valence-electron chi connectivity index (χ1n) is 8.70. The summed E-state index contributed by atoms with van der Waals surface area (Å²) in [7, 11) is 0. The lowest BCUT2D eigenvalue weighted by molar-refractivity contribution is 0.267. The van der Waals surface area contributed by atoms with Gasteiger partial charge in [0.2, 0.25) is 5.88 Å². The van der Waals surface area contributed by atoms with Gasteiger partial charge >= 0.3 is 5.24 Å². The second kappa shape index (κ2) is 9.19. The van der Waals surface area contributed by atoms with Crippen LogP contribution in [-0.2, 0) is 5.75 Å². The van der Waals surface area contributed by atoms with Crippen molar-refractivity contribution in [1.82, 2.24) is 9.78 Å². The molecule has 0 saturated carbocycles. The first-order chi connectivity index (χ1) is 13.2. The molecule has 1 amide bonds. The first-order valence-corrected chi connectivity index (χ1v) is 9.69. The molecule has 27 heavy (non-hydrogen) atoms. The van der Waals surface area contributed by atoms with E-state index in [-0.39, 0.29) is 5.24 Å². The third kappa shape index (κ3) is 5.31. The number of carbonyl (C=O) groups is 1. The number of aromatic nitrogens is 2. The molecule has 1 heterocycles. The molecule has 0 aliphatic rings. The summed E-state index contributed by atoms with van der Waals surface area (Å²) in [6.07, 6.45) is 1.57. The Hall–Kier alpha value is -2.86. The topological polar surface area (TPSA) is 56.5 Å². The smallest absolute Gasteiger partial charge is 0.305 e. The highest BCUT2D eigenvalue weighted by molar-refractivity contribution is 8.12. The van der Waals surface area contributed by atoms with Crippen molar-refractivity contribution in [2.45, 2.75) is 19.6 Å². The fourth-order valence-corrected chi connectivity index (χ4v) is 3.09. The number of aryl methyl sites for hydroxylation is 1. The van der Waals surface area contributed by atoms with Crippen LogP contribution < -0.4 is 10.1 Å². The van der Waals surface area contributed by atoms with Crippen molar-refractivity contribution < 1.29 is 9.53 Å². The Morgan fingerprint density at radius 3 is 2.59 bits per heavy atom. The lowest BCUT2D eigenvalue weighted by Gasteiger charge is -2.11. The molecule has 0 aliphatic heterocycles. The minimum Gasteiger partial charge on any atom is -0.478 e. The second-order valence-electron chi connectivity index (χ2n) is 5.88. The first kappa shape index (κ1) is 18.9. The van der Waals surface area contributed by atoms with E-state index in [0.717, 1.165) is 11.3 Å². The van der Waals surface area contributed by atoms with Crippen LogP contribution in [0.5, 0.6) is 5.88 Å². The predicted molar refractivity (Wildman–Crippen MR) is 108 cm³/mol. The van der Waals surface area contributed by atoms with Gasteiger partial charge in [-0.2, -0.15) is 5.10 Å². The maximum absolute atomic E-state index is 12.2. The van der Waals surface area contributed by atoms with Gasteiger partial charge in [0, 0.05) is 11.8 Å². The summed E-state index contributed by atoms with van der Waals surface area (Å²) in [5.74, 6) is 1.13. The van der Waals surface area contributed by atoms with E-state index >= 15 is 0 Å². The average molecular weight is 379 g/mol. The van der Waals surface area contributed by atoms with E-state index in [0.29, 0.717) is 23.6 Å². The summed E-state index contributed by atoms with van der Waals surface area (Å²) in [5, 5.41) is 4.61. The number of thioether (sulfide) groups is 1. The number of hydrogen-bond donors (Lipinski definition) is 0. The Labute approximate surface area is 162 Å². The SMILES string of the molecule is CCOc1cc(=NC(=O)SCc2ccc(C)cc2)cnn1-c1ccccc1. The zero-order chi connectivity index (χ0) is 19.1. The zero-order valence-corrected chi connectivity index (χ0v) is 16.1. The summed E-state index contributed by atoms with van der Waals surface area (Å²) in [5.41, 5.74) is 3.18. The second-order valence-corrected chi connectivity index (χ2v) is 6.81. The molecule has 0 aliphatic carbocycles. The molecule has 1 aromatic heterocycles. The molecule has 5 nitrogen and oxygen atoms in total. The Morgan fingerprint density at radius 2 is 1.89 bits per heavy atom. The van der Waals surface area contributed by atoms with Gasteiger partial charge < -0.3 is 4.74 Å². The molecule has 0 N–H and O–H groups in total. The summed E-state index contributed by atoms with van der Waals surface area (Å²) < 4.78 is 7.36. The summed E-state index contributed by atoms with van der Waals surface area (Å²) in [6.45, 7) is 4.44. The molecule has 0 radical (unpaired) electrons. The number of hydrogen-bond acceptors (Lipinski definition) is 4. The Morgan fingerprint density at radius 1 is 1.15 bits per heavy atom. The van der Waals surface area contributed by atoms with E-state index in [1.165, 1.54) is 17.3 Å². The summed E-state index contributed by atoms with van der Waals surface area (Å²) in [4.78, 5) is 16.3. The normalized spacial score (nSPS) is 11.4. The largest absolute Gasteiger partial charge is 0.478 e. The summed E-state index contributed by atoms with van der Waals surface area (Å²) >= 11 is 1.17. The minimum atomic E-state index is -0.253. The number of benzene rings is 2. The van der Waals surface area contributed by atoms with Gasteiger partial charge in [0.05, 0.1) is 23.8 Å². The molecular weight excluding hydrogens is 358 g/mol. The van der Waals surface area contributed by atoms with Crippen molar-refractivity contribution in [3.05, 3.63) is 83.3 Å². The molecule has 3 aromatic rings. The maximum Gasteiger partial charge on any atom is 0.305 e. The monoisotopic (exact) mass is 379 g/mol. The number of para-hydroxylation sites is 1. The molecule has 0 spiro atoms. The third-order valence-corrected chi connectivity index (χ3v) is 4.60. The van der Waals surface area contributed by atoms with Gasteiger partial charge in [0.15, 0.2) is 0 Å². The van der Waals surface area contributed by atoms with Crippen LogP contribution in [0, 0.1) is 6.92 Å². The molecule has 2 aromatic carbocycles. The minimum absolute atomic E-state index is 0.253. The van der Waals surface area contributed by atoms with Crippen LogP contribution in [-0.4, -0.2) is 21.6 Å². The molecular formula is C21H21N3O2S. The van der Waals surface area contributed by atoms with Gasteiger partial charge in [-0.05, 0) is 31.5 Å². The van der Waals surface area contributed by atoms with Gasteiger partial charge in [-0.3, -0.25) is 4.79 Å². The van der Waals surface area contributed by atoms with Crippen molar-refractivity contribution in [3.8, 4) is 11.6 Å². The van der Waals surface area contributed by atoms with Crippen molar-refractivity contribution in [2.24, 2.45) is 4.99 Å². The van der Waals surface area contributed by atoms with Crippen LogP contribution in [0.15, 0.2) is 71.9 Å². The van der Waals surface area contributed by atoms with E-state index in [1.807, 2.05) is 68.4 Å². The van der Waals surface area contributed by atoms with Crippen LogP contribution in [0.2, 0.25) is 0 Å². The molecule has 0 atom stereocenters. The molecule has 0 unspecified atom stereocenters. The number of amides is 1. The van der Waals surface area contributed by atoms with Crippen molar-refractivity contribution >= 4 is 17.0 Å². The van der Waals surface area contributed by atoms with E-state index in [2.05, 4.69) is 10.1 Å². The van der Waals surface area contributed by atoms with Crippen LogP contribution >= 0.6 is 11.8 Å². The molecule has 138 valence electrons. The number of carbonyl (C=O) groups excluding carboxylic acids is 1. The Kier molecular flexibility index (Phi) is 6.44. The predicted octanol–water partition coefficient (Wildman–Crippen LogP) is 4.53. The Balaban J connectivity index is 1.78. The van der Waals surface area contributed by atoms with E-state index in [9.17, 15) is 4.79 Å². The van der Waals surface area contributed by atoms with E-state index < -0.39 is 0 Å². The van der Waals surface area contributed by atoms with Crippen molar-refractivity contribution in [3.63, 3.8) is 0 Å². The maximum atomic E-state index is 12.2. The highest BCUT2D eigenvalue weighted by Crippen LogP contribution is 2.16. The van der Waals surface area contributed by atoms with Gasteiger partial charge in [0.25, 0.3) is 0 Å². The van der Waals surface area contributed by atoms with Crippen molar-refractivity contribution in [1.29, 1.82) is 0 Å². The van der Waals surface area contributed by atoms with Gasteiger partial charge in [0.1, 0.15) is 0 Å². The molecule has 3 rings (SSSR count). The van der Waals surface area contributed by atoms with E-state index in [1.54, 1.807) is 16.9 Å². The zero-order valence-electron chi connectivity index (χ0n) is 15.3. The van der Waals surface area contributed by atoms with Crippen LogP contribution in [0.25, 0.3) is 5.69 Å². The van der Waals surface area contributed by atoms with Crippen LogP contribution in [0.1, 0.15) is 18.1 Å². The van der Waals surface area contributed by atoms with Gasteiger partial charge in [-0.15, -0.1) is 0 Å². The fraction of sp³-hybridized carbons (Fsp3) is 0.190.